The molecule has 0 radical (unpaired) electrons. The van der Waals surface area contributed by atoms with E-state index in [0.717, 1.165) is 30.8 Å². The standard InChI is InChI=1S/C8H13ClN2/c1-2-3-8-10-6-7(11-8)4-5-9/h6H,2-5H2,1H3,(H,10,11). The molecule has 0 spiro atoms. The lowest BCUT2D eigenvalue weighted by Gasteiger charge is -1.90. The first-order chi connectivity index (χ1) is 5.36. The number of H-pyrrole nitrogens is 1. The van der Waals surface area contributed by atoms with E-state index in [1.807, 2.05) is 6.20 Å². The van der Waals surface area contributed by atoms with Crippen molar-refractivity contribution < 1.29 is 0 Å². The number of rotatable bonds is 4. The minimum Gasteiger partial charge on any atom is -0.346 e. The Hall–Kier alpha value is -0.500. The Balaban J connectivity index is 2.51. The Bertz CT molecular complexity index is 187. The van der Waals surface area contributed by atoms with Crippen LogP contribution < -0.4 is 0 Å². The Labute approximate surface area is 72.0 Å². The first-order valence-electron chi connectivity index (χ1n) is 3.95. The number of imidazole rings is 1. The first-order valence-corrected chi connectivity index (χ1v) is 4.49. The zero-order valence-corrected chi connectivity index (χ0v) is 7.49. The number of nitrogens with zero attached hydrogens (tertiary/aromatic N) is 1. The maximum Gasteiger partial charge on any atom is 0.106 e. The van der Waals surface area contributed by atoms with Crippen molar-refractivity contribution in [2.45, 2.75) is 26.2 Å². The van der Waals surface area contributed by atoms with Crippen LogP contribution in [0.4, 0.5) is 0 Å². The van der Waals surface area contributed by atoms with Gasteiger partial charge in [0.2, 0.25) is 0 Å². The van der Waals surface area contributed by atoms with Crippen LogP contribution >= 0.6 is 11.6 Å². The summed E-state index contributed by atoms with van der Waals surface area (Å²) in [5.41, 5.74) is 1.14. The summed E-state index contributed by atoms with van der Waals surface area (Å²) < 4.78 is 0. The van der Waals surface area contributed by atoms with Crippen LogP contribution in [0.3, 0.4) is 0 Å². The Morgan fingerprint density at radius 1 is 1.55 bits per heavy atom. The number of aryl methyl sites for hydroxylation is 2. The lowest BCUT2D eigenvalue weighted by molar-refractivity contribution is 0.850. The Morgan fingerprint density at radius 3 is 3.00 bits per heavy atom. The maximum absolute atomic E-state index is 5.57. The van der Waals surface area contributed by atoms with Crippen LogP contribution in [0.15, 0.2) is 6.20 Å². The van der Waals surface area contributed by atoms with Crippen molar-refractivity contribution in [2.24, 2.45) is 0 Å². The van der Waals surface area contributed by atoms with Crippen LogP contribution in [0.5, 0.6) is 0 Å². The summed E-state index contributed by atoms with van der Waals surface area (Å²) in [7, 11) is 0. The van der Waals surface area contributed by atoms with Crippen LogP contribution in [-0.2, 0) is 12.8 Å². The van der Waals surface area contributed by atoms with E-state index in [2.05, 4.69) is 16.9 Å². The number of alkyl halides is 1. The van der Waals surface area contributed by atoms with Crippen molar-refractivity contribution in [1.29, 1.82) is 0 Å². The molecule has 0 aliphatic carbocycles. The lowest BCUT2D eigenvalue weighted by atomic mass is 10.3. The van der Waals surface area contributed by atoms with Crippen LogP contribution in [0, 0.1) is 0 Å². The van der Waals surface area contributed by atoms with Gasteiger partial charge in [-0.2, -0.15) is 0 Å². The van der Waals surface area contributed by atoms with Gasteiger partial charge in [0.25, 0.3) is 0 Å². The van der Waals surface area contributed by atoms with Gasteiger partial charge in [-0.15, -0.1) is 11.6 Å². The van der Waals surface area contributed by atoms with Gasteiger partial charge in [0, 0.05) is 30.6 Å². The molecule has 0 atom stereocenters. The molecule has 0 aromatic carbocycles. The van der Waals surface area contributed by atoms with Crippen LogP contribution in [0.1, 0.15) is 24.9 Å². The molecule has 11 heavy (non-hydrogen) atoms. The summed E-state index contributed by atoms with van der Waals surface area (Å²) >= 11 is 5.57. The van der Waals surface area contributed by atoms with Crippen LogP contribution in [0.25, 0.3) is 0 Å². The topological polar surface area (TPSA) is 28.7 Å². The van der Waals surface area contributed by atoms with Gasteiger partial charge in [0.1, 0.15) is 5.82 Å². The molecule has 1 aromatic heterocycles. The fourth-order valence-corrected chi connectivity index (χ4v) is 1.20. The van der Waals surface area contributed by atoms with E-state index < -0.39 is 0 Å². The normalized spacial score (nSPS) is 10.4. The predicted octanol–water partition coefficient (Wildman–Crippen LogP) is 2.14. The SMILES string of the molecule is CCCc1ncc(CCCl)[nH]1. The molecule has 0 unspecified atom stereocenters. The highest BCUT2D eigenvalue weighted by atomic mass is 35.5. The fraction of sp³-hybridized carbons (Fsp3) is 0.625. The zero-order chi connectivity index (χ0) is 8.10. The molecule has 0 fully saturated rings. The molecule has 3 heteroatoms. The Kier molecular flexibility index (Phi) is 3.43. The fourth-order valence-electron chi connectivity index (χ4n) is 0.998. The molecule has 1 heterocycles. The highest BCUT2D eigenvalue weighted by molar-refractivity contribution is 6.17. The smallest absolute Gasteiger partial charge is 0.106 e. The molecule has 62 valence electrons. The van der Waals surface area contributed by atoms with E-state index in [9.17, 15) is 0 Å². The maximum atomic E-state index is 5.57. The number of hydrogen-bond acceptors (Lipinski definition) is 1. The van der Waals surface area contributed by atoms with Gasteiger partial charge in [-0.05, 0) is 6.42 Å². The third-order valence-electron chi connectivity index (χ3n) is 1.53. The molecule has 1 rings (SSSR count). The minimum atomic E-state index is 0.660. The second kappa shape index (κ2) is 4.39. The summed E-state index contributed by atoms with van der Waals surface area (Å²) in [6.07, 6.45) is 4.92. The third kappa shape index (κ3) is 2.54. The summed E-state index contributed by atoms with van der Waals surface area (Å²) in [5, 5.41) is 0. The summed E-state index contributed by atoms with van der Waals surface area (Å²) in [5.74, 6) is 1.74. The quantitative estimate of drug-likeness (QED) is 0.693. The number of nitrogens with one attached hydrogen (secondary N) is 1. The summed E-state index contributed by atoms with van der Waals surface area (Å²) in [6.45, 7) is 2.14. The van der Waals surface area contributed by atoms with Crippen molar-refractivity contribution in [3.05, 3.63) is 17.7 Å². The van der Waals surface area contributed by atoms with Gasteiger partial charge in [-0.25, -0.2) is 4.98 Å². The van der Waals surface area contributed by atoms with E-state index >= 15 is 0 Å². The number of aromatic nitrogens is 2. The lowest BCUT2D eigenvalue weighted by Crippen LogP contribution is -1.88. The second-order valence-corrected chi connectivity index (χ2v) is 2.92. The number of halogens is 1. The molecule has 1 N–H and O–H groups in total. The molecule has 0 bridgehead atoms. The van der Waals surface area contributed by atoms with Gasteiger partial charge in [-0.1, -0.05) is 6.92 Å². The van der Waals surface area contributed by atoms with Gasteiger partial charge in [0.15, 0.2) is 0 Å². The van der Waals surface area contributed by atoms with Crippen LogP contribution in [-0.4, -0.2) is 15.8 Å². The van der Waals surface area contributed by atoms with Crippen LogP contribution in [0.2, 0.25) is 0 Å². The average Bonchev–Trinajstić information content (AvgIpc) is 2.38. The highest BCUT2D eigenvalue weighted by Crippen LogP contribution is 2.01. The second-order valence-electron chi connectivity index (χ2n) is 2.54. The van der Waals surface area contributed by atoms with Crippen molar-refractivity contribution in [2.75, 3.05) is 5.88 Å². The average molecular weight is 173 g/mol. The molecular weight excluding hydrogens is 160 g/mol. The molecule has 0 aliphatic rings. The molecule has 2 nitrogen and oxygen atoms in total. The monoisotopic (exact) mass is 172 g/mol. The van der Waals surface area contributed by atoms with Crippen molar-refractivity contribution >= 4 is 11.6 Å². The Morgan fingerprint density at radius 2 is 2.36 bits per heavy atom. The first kappa shape index (κ1) is 8.60. The van der Waals surface area contributed by atoms with Crippen molar-refractivity contribution in [3.63, 3.8) is 0 Å². The van der Waals surface area contributed by atoms with E-state index in [4.69, 9.17) is 11.6 Å². The van der Waals surface area contributed by atoms with Crippen molar-refractivity contribution in [1.82, 2.24) is 9.97 Å². The number of hydrogen-bond donors (Lipinski definition) is 1. The summed E-state index contributed by atoms with van der Waals surface area (Å²) in [6, 6.07) is 0. The van der Waals surface area contributed by atoms with Crippen molar-refractivity contribution in [3.8, 4) is 0 Å². The largest absolute Gasteiger partial charge is 0.346 e. The molecule has 0 aliphatic heterocycles. The molecule has 0 saturated heterocycles. The zero-order valence-electron chi connectivity index (χ0n) is 6.73. The molecule has 1 aromatic rings. The highest BCUT2D eigenvalue weighted by Gasteiger charge is 1.97. The van der Waals surface area contributed by atoms with Gasteiger partial charge in [0.05, 0.1) is 0 Å². The van der Waals surface area contributed by atoms with Gasteiger partial charge >= 0.3 is 0 Å². The van der Waals surface area contributed by atoms with E-state index in [1.54, 1.807) is 0 Å². The van der Waals surface area contributed by atoms with E-state index in [0.29, 0.717) is 5.88 Å². The molecular formula is C8H13ClN2. The molecule has 0 amide bonds. The van der Waals surface area contributed by atoms with E-state index in [1.165, 1.54) is 0 Å². The minimum absolute atomic E-state index is 0.660. The molecule has 0 saturated carbocycles. The van der Waals surface area contributed by atoms with Gasteiger partial charge in [-0.3, -0.25) is 0 Å². The third-order valence-corrected chi connectivity index (χ3v) is 1.72. The predicted molar refractivity (Wildman–Crippen MR) is 47.0 cm³/mol. The number of aromatic amines is 1. The summed E-state index contributed by atoms with van der Waals surface area (Å²) in [4.78, 5) is 7.43. The van der Waals surface area contributed by atoms with E-state index in [-0.39, 0.29) is 0 Å². The van der Waals surface area contributed by atoms with Gasteiger partial charge < -0.3 is 4.98 Å².